The van der Waals surface area contributed by atoms with Crippen LogP contribution in [-0.2, 0) is 49.1 Å². The van der Waals surface area contributed by atoms with Gasteiger partial charge in [0.1, 0.15) is 0 Å². The van der Waals surface area contributed by atoms with E-state index < -0.39 is 21.0 Å². The maximum atomic E-state index is 12.2. The Hall–Kier alpha value is -0.366. The number of sulfonamides is 1. The van der Waals surface area contributed by atoms with Gasteiger partial charge in [0.15, 0.2) is 0 Å². The summed E-state index contributed by atoms with van der Waals surface area (Å²) in [5, 5.41) is 35.7. The van der Waals surface area contributed by atoms with Gasteiger partial charge in [-0.2, -0.15) is 0 Å². The number of aryl methyl sites for hydroxylation is 1. The molecule has 0 aromatic heterocycles. The third kappa shape index (κ3) is 29.8. The van der Waals surface area contributed by atoms with Gasteiger partial charge >= 0.3 is 21.7 Å². The monoisotopic (exact) mass is 574 g/mol. The summed E-state index contributed by atoms with van der Waals surface area (Å²) in [5.41, 5.74) is 2.49. The first kappa shape index (κ1) is 44.6. The number of anilines is 1. The third-order valence-electron chi connectivity index (χ3n) is 3.15. The van der Waals surface area contributed by atoms with Gasteiger partial charge in [0, 0.05) is 6.04 Å². The van der Waals surface area contributed by atoms with Gasteiger partial charge in [-0.25, -0.2) is 17.3 Å². The quantitative estimate of drug-likeness (QED) is 0.458. The molecule has 0 saturated carbocycles. The van der Waals surface area contributed by atoms with E-state index >= 15 is 0 Å². The number of benzene rings is 1. The summed E-state index contributed by atoms with van der Waals surface area (Å²) in [6.07, 6.45) is 1.85. The van der Waals surface area contributed by atoms with E-state index in [0.717, 1.165) is 17.4 Å². The van der Waals surface area contributed by atoms with Gasteiger partial charge in [0.25, 0.3) is 0 Å². The van der Waals surface area contributed by atoms with E-state index in [2.05, 4.69) is 9.44 Å². The van der Waals surface area contributed by atoms with E-state index in [9.17, 15) is 12.6 Å². The zero-order chi connectivity index (χ0) is 28.0. The number of hydrogen-bond donors (Lipinski definition) is 2. The second kappa shape index (κ2) is 26.7. The smallest absolute Gasteiger partial charge is 0.855 e. The Balaban J connectivity index is -0.000000194. The molecule has 0 aliphatic carbocycles. The van der Waals surface area contributed by atoms with E-state index in [1.807, 2.05) is 46.8 Å². The van der Waals surface area contributed by atoms with E-state index in [0.29, 0.717) is 12.1 Å². The van der Waals surface area contributed by atoms with Crippen molar-refractivity contribution in [3.8, 4) is 0 Å². The van der Waals surface area contributed by atoms with Crippen molar-refractivity contribution >= 4 is 26.7 Å². The Morgan fingerprint density at radius 3 is 1.57 bits per heavy atom. The summed E-state index contributed by atoms with van der Waals surface area (Å²) in [5.74, 6) is 0. The summed E-state index contributed by atoms with van der Waals surface area (Å²) in [6.45, 7) is 15.9. The van der Waals surface area contributed by atoms with Crippen LogP contribution in [0.2, 0.25) is 0 Å². The fourth-order valence-corrected chi connectivity index (χ4v) is 3.29. The summed E-state index contributed by atoms with van der Waals surface area (Å²) in [4.78, 5) is 0. The molecule has 12 heteroatoms. The van der Waals surface area contributed by atoms with Crippen molar-refractivity contribution in [2.75, 3.05) is 37.4 Å². The van der Waals surface area contributed by atoms with Crippen LogP contribution in [0.3, 0.4) is 0 Å². The van der Waals surface area contributed by atoms with E-state index in [-0.39, 0.29) is 58.9 Å². The van der Waals surface area contributed by atoms with Crippen molar-refractivity contribution < 1.29 is 54.8 Å². The topological polar surface area (TPSA) is 168 Å². The van der Waals surface area contributed by atoms with E-state index in [1.165, 1.54) is 0 Å². The van der Waals surface area contributed by atoms with Crippen LogP contribution in [0.1, 0.15) is 79.5 Å². The third-order valence-corrected chi connectivity index (χ3v) is 5.42. The standard InChI is InChI=1S/C15H26N2O3S2.4C2H5O.Ti/c1-7-12-10-13(8-9-14(12)17-22(6,19)20)11(2)16-21(18)15(3,4)5;4*1-2-3;/h8-11,16-17H,7H2,1-6H3;4*2H2,1H3;/q;4*-1;+4/t11-,21-;;;;;/m1...../s1. The maximum Gasteiger partial charge on any atom is 4.00 e. The van der Waals surface area contributed by atoms with Crippen LogP contribution in [0, 0.1) is 0 Å². The number of hydrogen-bond acceptors (Lipinski definition) is 7. The van der Waals surface area contributed by atoms with Crippen LogP contribution in [-0.4, -0.2) is 50.1 Å². The normalized spacial score (nSPS) is 11.7. The molecule has 206 valence electrons. The van der Waals surface area contributed by atoms with Crippen molar-refractivity contribution in [3.63, 3.8) is 0 Å². The second-order valence-electron chi connectivity index (χ2n) is 7.52. The van der Waals surface area contributed by atoms with Gasteiger partial charge in [-0.1, -0.05) is 46.8 Å². The van der Waals surface area contributed by atoms with Crippen LogP contribution in [0.5, 0.6) is 0 Å². The fourth-order valence-electron chi connectivity index (χ4n) is 1.88. The molecule has 0 bridgehead atoms. The minimum atomic E-state index is -3.30. The molecule has 0 heterocycles. The van der Waals surface area contributed by atoms with Gasteiger partial charge < -0.3 is 20.4 Å². The first-order valence-corrected chi connectivity index (χ1v) is 14.2. The van der Waals surface area contributed by atoms with Gasteiger partial charge in [0.05, 0.1) is 27.7 Å². The van der Waals surface area contributed by atoms with Gasteiger partial charge in [-0.05, 0) is 51.3 Å². The number of rotatable bonds is 6. The minimum absolute atomic E-state index is 0. The van der Waals surface area contributed by atoms with Crippen molar-refractivity contribution in [1.82, 2.24) is 4.72 Å². The van der Waals surface area contributed by atoms with E-state index in [4.69, 9.17) is 20.4 Å². The molecular formula is C23H46N2O7S2Ti. The molecule has 1 aromatic carbocycles. The predicted octanol–water partition coefficient (Wildman–Crippen LogP) is 0.197. The molecule has 2 N–H and O–H groups in total. The van der Waals surface area contributed by atoms with Crippen LogP contribution in [0.15, 0.2) is 18.2 Å². The molecule has 1 rings (SSSR count). The fraction of sp³-hybridized carbons (Fsp3) is 0.739. The molecule has 0 aliphatic heterocycles. The Labute approximate surface area is 231 Å². The Kier molecular flexibility index (Phi) is 34.0. The molecule has 0 unspecified atom stereocenters. The van der Waals surface area contributed by atoms with Crippen LogP contribution < -0.4 is 29.9 Å². The summed E-state index contributed by atoms with van der Waals surface area (Å²) >= 11 is 0. The number of nitrogens with one attached hydrogen (secondary N) is 2. The predicted molar refractivity (Wildman–Crippen MR) is 136 cm³/mol. The van der Waals surface area contributed by atoms with Crippen LogP contribution in [0.4, 0.5) is 5.69 Å². The zero-order valence-electron chi connectivity index (χ0n) is 23.0. The first-order valence-electron chi connectivity index (χ1n) is 11.2. The summed E-state index contributed by atoms with van der Waals surface area (Å²) in [7, 11) is -4.45. The Morgan fingerprint density at radius 2 is 1.29 bits per heavy atom. The van der Waals surface area contributed by atoms with Crippen molar-refractivity contribution in [3.05, 3.63) is 29.3 Å². The molecule has 0 radical (unpaired) electrons. The van der Waals surface area contributed by atoms with E-state index in [1.54, 1.807) is 33.8 Å². The average Bonchev–Trinajstić information content (AvgIpc) is 2.68. The second-order valence-corrected chi connectivity index (χ2v) is 11.3. The van der Waals surface area contributed by atoms with Crippen molar-refractivity contribution in [2.45, 2.75) is 79.5 Å². The van der Waals surface area contributed by atoms with Crippen molar-refractivity contribution in [2.24, 2.45) is 0 Å². The molecule has 0 aliphatic rings. The SMILES string of the molecule is CC[O-].CC[O-].CC[O-].CC[O-].CCc1cc([C@@H](C)N[S@](=O)C(C)(C)C)ccc1NS(C)(=O)=O.[Ti+4]. The Morgan fingerprint density at radius 1 is 0.914 bits per heavy atom. The Bertz CT molecular complexity index is 721. The van der Waals surface area contributed by atoms with Crippen molar-refractivity contribution in [1.29, 1.82) is 0 Å². The molecule has 0 fully saturated rings. The van der Waals surface area contributed by atoms with Crippen LogP contribution >= 0.6 is 0 Å². The molecule has 35 heavy (non-hydrogen) atoms. The maximum absolute atomic E-state index is 12.2. The molecule has 0 saturated heterocycles. The molecule has 2 atom stereocenters. The molecule has 0 amide bonds. The van der Waals surface area contributed by atoms with Gasteiger partial charge in [-0.3, -0.25) is 4.72 Å². The molecular weight excluding hydrogens is 528 g/mol. The van der Waals surface area contributed by atoms with Gasteiger partial charge in [0.2, 0.25) is 10.0 Å². The molecule has 1 aromatic rings. The molecule has 9 nitrogen and oxygen atoms in total. The summed E-state index contributed by atoms with van der Waals surface area (Å²) < 4.78 is 40.2. The van der Waals surface area contributed by atoms with Gasteiger partial charge in [-0.15, -0.1) is 26.4 Å². The minimum Gasteiger partial charge on any atom is -0.855 e. The first-order chi connectivity index (χ1) is 15.6. The average molecular weight is 575 g/mol. The summed E-state index contributed by atoms with van der Waals surface area (Å²) in [6, 6.07) is 5.47. The zero-order valence-corrected chi connectivity index (χ0v) is 26.2. The van der Waals surface area contributed by atoms with Crippen LogP contribution in [0.25, 0.3) is 0 Å². The largest absolute Gasteiger partial charge is 4.00 e. The molecule has 0 spiro atoms.